The number of benzene rings is 1. The number of anilines is 1. The van der Waals surface area contributed by atoms with Crippen LogP contribution < -0.4 is 11.1 Å². The minimum atomic E-state index is 0.673. The van der Waals surface area contributed by atoms with Gasteiger partial charge in [0.1, 0.15) is 5.69 Å². The van der Waals surface area contributed by atoms with Crippen LogP contribution in [0.1, 0.15) is 6.42 Å². The molecule has 0 aliphatic carbocycles. The van der Waals surface area contributed by atoms with Gasteiger partial charge in [0.05, 0.1) is 6.20 Å². The second kappa shape index (κ2) is 5.84. The van der Waals surface area contributed by atoms with Crippen molar-refractivity contribution in [2.24, 2.45) is 5.73 Å². The van der Waals surface area contributed by atoms with Crippen molar-refractivity contribution in [3.05, 3.63) is 34.9 Å². The van der Waals surface area contributed by atoms with E-state index in [-0.39, 0.29) is 0 Å². The number of nitrogens with one attached hydrogen (secondary N) is 1. The van der Waals surface area contributed by atoms with E-state index in [0.29, 0.717) is 6.54 Å². The van der Waals surface area contributed by atoms with Gasteiger partial charge in [-0.25, -0.2) is 0 Å². The minimum absolute atomic E-state index is 0.673. The van der Waals surface area contributed by atoms with Crippen LogP contribution in [-0.2, 0) is 0 Å². The molecule has 4 nitrogen and oxygen atoms in total. The summed E-state index contributed by atoms with van der Waals surface area (Å²) in [5.41, 5.74) is 7.35. The minimum Gasteiger partial charge on any atom is -0.381 e. The number of hydrogen-bond donors (Lipinski definition) is 2. The van der Waals surface area contributed by atoms with Crippen molar-refractivity contribution in [2.75, 3.05) is 18.4 Å². The van der Waals surface area contributed by atoms with Gasteiger partial charge in [0, 0.05) is 16.6 Å². The van der Waals surface area contributed by atoms with Crippen molar-refractivity contribution in [2.45, 2.75) is 6.42 Å². The Morgan fingerprint density at radius 3 is 2.76 bits per heavy atom. The molecule has 2 aromatic rings. The van der Waals surface area contributed by atoms with Gasteiger partial charge < -0.3 is 15.6 Å². The van der Waals surface area contributed by atoms with E-state index in [1.54, 1.807) is 6.20 Å². The molecule has 0 aliphatic rings. The Morgan fingerprint density at radius 2 is 2.06 bits per heavy atom. The second-order valence-electron chi connectivity index (χ2n) is 3.64. The first-order valence-electron chi connectivity index (χ1n) is 5.46. The van der Waals surface area contributed by atoms with Crippen LogP contribution in [0.25, 0.3) is 11.3 Å². The molecule has 0 saturated heterocycles. The van der Waals surface area contributed by atoms with Crippen LogP contribution in [0.2, 0.25) is 0 Å². The lowest BCUT2D eigenvalue weighted by Crippen LogP contribution is -2.08. The summed E-state index contributed by atoms with van der Waals surface area (Å²) in [6, 6.07) is 7.92. The van der Waals surface area contributed by atoms with E-state index in [9.17, 15) is 0 Å². The number of rotatable bonds is 5. The van der Waals surface area contributed by atoms with Gasteiger partial charge in [-0.3, -0.25) is 0 Å². The zero-order valence-electron chi connectivity index (χ0n) is 9.32. The Kier molecular flexibility index (Phi) is 4.17. The van der Waals surface area contributed by atoms with Crippen molar-refractivity contribution >= 4 is 21.6 Å². The van der Waals surface area contributed by atoms with Crippen LogP contribution in [-0.4, -0.2) is 18.2 Å². The molecule has 0 amide bonds. The summed E-state index contributed by atoms with van der Waals surface area (Å²) in [4.78, 5) is 0. The lowest BCUT2D eigenvalue weighted by Gasteiger charge is -2.04. The standard InChI is InChI=1S/C12H14BrN3O/c13-10-4-2-9(3-5-10)12-11(8-16-17-12)15-7-1-6-14/h2-5,8,15H,1,6-7,14H2. The predicted octanol–water partition coefficient (Wildman–Crippen LogP) is 2.86. The van der Waals surface area contributed by atoms with Crippen molar-refractivity contribution in [3.63, 3.8) is 0 Å². The third kappa shape index (κ3) is 3.08. The average molecular weight is 296 g/mol. The molecule has 0 saturated carbocycles. The number of nitrogens with two attached hydrogens (primary N) is 1. The summed E-state index contributed by atoms with van der Waals surface area (Å²) in [6.07, 6.45) is 2.61. The van der Waals surface area contributed by atoms with Crippen LogP contribution in [0.4, 0.5) is 5.69 Å². The monoisotopic (exact) mass is 295 g/mol. The largest absolute Gasteiger partial charge is 0.381 e. The van der Waals surface area contributed by atoms with Crippen molar-refractivity contribution < 1.29 is 4.52 Å². The van der Waals surface area contributed by atoms with E-state index in [0.717, 1.165) is 34.4 Å². The quantitative estimate of drug-likeness (QED) is 0.833. The Labute approximate surface area is 108 Å². The summed E-state index contributed by atoms with van der Waals surface area (Å²) in [5, 5.41) is 7.08. The molecule has 0 fully saturated rings. The molecule has 3 N–H and O–H groups in total. The van der Waals surface area contributed by atoms with Gasteiger partial charge in [-0.1, -0.05) is 21.1 Å². The summed E-state index contributed by atoms with van der Waals surface area (Å²) in [6.45, 7) is 1.49. The maximum absolute atomic E-state index is 5.45. The molecule has 1 aromatic carbocycles. The zero-order valence-corrected chi connectivity index (χ0v) is 10.9. The Morgan fingerprint density at radius 1 is 1.29 bits per heavy atom. The summed E-state index contributed by atoms with van der Waals surface area (Å²) < 4.78 is 6.30. The van der Waals surface area contributed by atoms with E-state index < -0.39 is 0 Å². The van der Waals surface area contributed by atoms with Gasteiger partial charge in [0.15, 0.2) is 5.76 Å². The number of aromatic nitrogens is 1. The highest BCUT2D eigenvalue weighted by Gasteiger charge is 2.09. The summed E-state index contributed by atoms with van der Waals surface area (Å²) >= 11 is 3.40. The third-order valence-corrected chi connectivity index (χ3v) is 2.90. The number of nitrogens with zero attached hydrogens (tertiary/aromatic N) is 1. The maximum atomic E-state index is 5.45. The van der Waals surface area contributed by atoms with Crippen molar-refractivity contribution in [1.82, 2.24) is 5.16 Å². The van der Waals surface area contributed by atoms with E-state index in [1.807, 2.05) is 24.3 Å². The second-order valence-corrected chi connectivity index (χ2v) is 4.56. The van der Waals surface area contributed by atoms with Crippen LogP contribution in [0.3, 0.4) is 0 Å². The fourth-order valence-electron chi connectivity index (χ4n) is 1.50. The first kappa shape index (κ1) is 12.1. The smallest absolute Gasteiger partial charge is 0.189 e. The van der Waals surface area contributed by atoms with E-state index in [4.69, 9.17) is 10.3 Å². The highest BCUT2D eigenvalue weighted by molar-refractivity contribution is 9.10. The van der Waals surface area contributed by atoms with Crippen LogP contribution in [0.5, 0.6) is 0 Å². The first-order chi connectivity index (χ1) is 8.31. The fourth-order valence-corrected chi connectivity index (χ4v) is 1.76. The molecule has 0 aliphatic heterocycles. The normalized spacial score (nSPS) is 10.5. The predicted molar refractivity (Wildman–Crippen MR) is 71.8 cm³/mol. The number of halogens is 1. The molecular weight excluding hydrogens is 282 g/mol. The lowest BCUT2D eigenvalue weighted by atomic mass is 10.1. The molecule has 2 rings (SSSR count). The van der Waals surface area contributed by atoms with E-state index >= 15 is 0 Å². The first-order valence-corrected chi connectivity index (χ1v) is 6.25. The molecule has 0 bridgehead atoms. The van der Waals surface area contributed by atoms with E-state index in [2.05, 4.69) is 26.4 Å². The molecular formula is C12H14BrN3O. The highest BCUT2D eigenvalue weighted by Crippen LogP contribution is 2.28. The van der Waals surface area contributed by atoms with Gasteiger partial charge in [-0.15, -0.1) is 0 Å². The molecule has 5 heteroatoms. The molecule has 1 heterocycles. The van der Waals surface area contributed by atoms with E-state index in [1.165, 1.54) is 0 Å². The topological polar surface area (TPSA) is 64.1 Å². The van der Waals surface area contributed by atoms with Crippen LogP contribution in [0.15, 0.2) is 39.5 Å². The fraction of sp³-hybridized carbons (Fsp3) is 0.250. The number of hydrogen-bond acceptors (Lipinski definition) is 4. The van der Waals surface area contributed by atoms with Crippen molar-refractivity contribution in [3.8, 4) is 11.3 Å². The Balaban J connectivity index is 2.15. The highest BCUT2D eigenvalue weighted by atomic mass is 79.9. The molecule has 0 atom stereocenters. The van der Waals surface area contributed by atoms with Gasteiger partial charge >= 0.3 is 0 Å². The molecule has 0 unspecified atom stereocenters. The molecule has 0 radical (unpaired) electrons. The lowest BCUT2D eigenvalue weighted by molar-refractivity contribution is 0.432. The van der Waals surface area contributed by atoms with Gasteiger partial charge in [0.2, 0.25) is 0 Å². The maximum Gasteiger partial charge on any atom is 0.189 e. The van der Waals surface area contributed by atoms with Gasteiger partial charge in [-0.05, 0) is 37.2 Å². The van der Waals surface area contributed by atoms with Crippen LogP contribution in [0, 0.1) is 0 Å². The van der Waals surface area contributed by atoms with Gasteiger partial charge in [0.25, 0.3) is 0 Å². The SMILES string of the molecule is NCCCNc1cnoc1-c1ccc(Br)cc1. The van der Waals surface area contributed by atoms with Gasteiger partial charge in [-0.2, -0.15) is 0 Å². The Bertz CT molecular complexity index is 467. The zero-order chi connectivity index (χ0) is 12.1. The third-order valence-electron chi connectivity index (χ3n) is 2.37. The Hall–Kier alpha value is -1.33. The average Bonchev–Trinajstić information content (AvgIpc) is 2.79. The molecule has 17 heavy (non-hydrogen) atoms. The van der Waals surface area contributed by atoms with Crippen LogP contribution >= 0.6 is 15.9 Å². The summed E-state index contributed by atoms with van der Waals surface area (Å²) in [7, 11) is 0. The molecule has 1 aromatic heterocycles. The molecule has 0 spiro atoms. The van der Waals surface area contributed by atoms with Crippen molar-refractivity contribution in [1.29, 1.82) is 0 Å². The molecule has 90 valence electrons. The summed E-state index contributed by atoms with van der Waals surface area (Å²) in [5.74, 6) is 0.759.